The molecule has 1 aromatic heterocycles. The van der Waals surface area contributed by atoms with E-state index in [9.17, 15) is 19.2 Å². The number of piperidine rings is 2. The zero-order valence-electron chi connectivity index (χ0n) is 20.7. The van der Waals surface area contributed by atoms with Crippen molar-refractivity contribution in [2.45, 2.75) is 63.5 Å². The molecule has 9 heteroatoms. The topological polar surface area (TPSA) is 119 Å². The number of amides is 3. The van der Waals surface area contributed by atoms with E-state index in [4.69, 9.17) is 5.73 Å². The van der Waals surface area contributed by atoms with Gasteiger partial charge in [0.05, 0.1) is 11.0 Å². The molecule has 3 amide bonds. The highest BCUT2D eigenvalue weighted by molar-refractivity contribution is 6.00. The fraction of sp³-hybridized carbons (Fsp3) is 0.556. The maximum absolute atomic E-state index is 12.9. The first-order valence-corrected chi connectivity index (χ1v) is 12.9. The first-order valence-electron chi connectivity index (χ1n) is 12.9. The summed E-state index contributed by atoms with van der Waals surface area (Å²) in [5, 5.41) is 2.33. The van der Waals surface area contributed by atoms with Crippen LogP contribution in [-0.4, -0.2) is 50.9 Å². The van der Waals surface area contributed by atoms with Crippen LogP contribution in [0.2, 0.25) is 0 Å². The molecule has 1 atom stereocenters. The summed E-state index contributed by atoms with van der Waals surface area (Å²) in [5.74, 6) is 6.49. The average Bonchev–Trinajstić information content (AvgIpc) is 3.12. The number of hydrogen-bond donors (Lipinski definition) is 2. The fourth-order valence-electron chi connectivity index (χ4n) is 5.72. The predicted octanol–water partition coefficient (Wildman–Crippen LogP) is 1.43. The number of aryl methyl sites for hydroxylation is 1. The monoisotopic (exact) mass is 491 g/mol. The number of benzene rings is 1. The van der Waals surface area contributed by atoms with Crippen molar-refractivity contribution >= 4 is 28.8 Å². The lowest BCUT2D eigenvalue weighted by Crippen LogP contribution is -2.44. The molecule has 9 nitrogen and oxygen atoms in total. The molecule has 1 saturated carbocycles. The second-order valence-electron chi connectivity index (χ2n) is 10.4. The number of carbonyl (C=O) groups excluding carboxylic acids is 3. The molecule has 3 fully saturated rings. The summed E-state index contributed by atoms with van der Waals surface area (Å²) >= 11 is 0. The largest absolute Gasteiger partial charge is 0.342 e. The Labute approximate surface area is 210 Å². The lowest BCUT2D eigenvalue weighted by molar-refractivity contribution is -0.138. The maximum atomic E-state index is 12.9. The summed E-state index contributed by atoms with van der Waals surface area (Å²) in [5.41, 5.74) is 7.84. The molecule has 5 rings (SSSR count). The Morgan fingerprint density at radius 1 is 1.00 bits per heavy atom. The lowest BCUT2D eigenvalue weighted by atomic mass is 9.85. The number of fused-ring (bicyclic) bond motifs is 1. The van der Waals surface area contributed by atoms with Crippen molar-refractivity contribution in [2.24, 2.45) is 24.6 Å². The van der Waals surface area contributed by atoms with Crippen LogP contribution in [0.25, 0.3) is 11.0 Å². The summed E-state index contributed by atoms with van der Waals surface area (Å²) in [6.45, 7) is 1.48. The SMILES string of the molecule is Cn1c(=O)n(C2CCC(=O)NC2=O)c2ccc(C#CC3CCN(C(=O)C4CCC(N)CC4)CC3)cc21. The van der Waals surface area contributed by atoms with E-state index >= 15 is 0 Å². The van der Waals surface area contributed by atoms with Crippen LogP contribution in [0.1, 0.15) is 63.0 Å². The highest BCUT2D eigenvalue weighted by Crippen LogP contribution is 2.27. The second kappa shape index (κ2) is 9.94. The second-order valence-corrected chi connectivity index (χ2v) is 10.4. The highest BCUT2D eigenvalue weighted by atomic mass is 16.2. The smallest absolute Gasteiger partial charge is 0.329 e. The van der Waals surface area contributed by atoms with Gasteiger partial charge in [-0.25, -0.2) is 4.79 Å². The minimum atomic E-state index is -0.700. The molecule has 3 heterocycles. The third-order valence-corrected chi connectivity index (χ3v) is 7.96. The third kappa shape index (κ3) is 4.70. The molecule has 3 N–H and O–H groups in total. The Bertz CT molecular complexity index is 1310. The molecule has 1 aromatic carbocycles. The molecule has 36 heavy (non-hydrogen) atoms. The van der Waals surface area contributed by atoms with Crippen LogP contribution in [0.3, 0.4) is 0 Å². The van der Waals surface area contributed by atoms with Crippen LogP contribution in [0.15, 0.2) is 23.0 Å². The van der Waals surface area contributed by atoms with Crippen LogP contribution in [-0.2, 0) is 21.4 Å². The van der Waals surface area contributed by atoms with Crippen molar-refractivity contribution in [1.29, 1.82) is 0 Å². The van der Waals surface area contributed by atoms with Gasteiger partial charge in [0.2, 0.25) is 17.7 Å². The molecular formula is C27H33N5O4. The molecule has 2 aromatic rings. The molecule has 190 valence electrons. The average molecular weight is 492 g/mol. The van der Waals surface area contributed by atoms with Crippen LogP contribution >= 0.6 is 0 Å². The predicted molar refractivity (Wildman–Crippen MR) is 135 cm³/mol. The van der Waals surface area contributed by atoms with Gasteiger partial charge >= 0.3 is 5.69 Å². The number of carbonyl (C=O) groups is 3. The highest BCUT2D eigenvalue weighted by Gasteiger charge is 2.32. The molecule has 1 aliphatic carbocycles. The molecule has 3 aliphatic rings. The fourth-order valence-corrected chi connectivity index (χ4v) is 5.72. The number of nitrogens with zero attached hydrogens (tertiary/aromatic N) is 3. The van der Waals surface area contributed by atoms with E-state index in [0.29, 0.717) is 17.5 Å². The van der Waals surface area contributed by atoms with Crippen molar-refractivity contribution in [2.75, 3.05) is 13.1 Å². The van der Waals surface area contributed by atoms with Gasteiger partial charge in [-0.3, -0.25) is 28.8 Å². The minimum absolute atomic E-state index is 0.123. The number of aromatic nitrogens is 2. The molecule has 0 spiro atoms. The van der Waals surface area contributed by atoms with Gasteiger partial charge in [-0.05, 0) is 63.1 Å². The summed E-state index contributed by atoms with van der Waals surface area (Å²) in [4.78, 5) is 51.7. The Kier molecular flexibility index (Phi) is 6.71. The van der Waals surface area contributed by atoms with E-state index in [-0.39, 0.29) is 41.8 Å². The zero-order valence-corrected chi connectivity index (χ0v) is 20.7. The number of likely N-dealkylation sites (tertiary alicyclic amines) is 1. The number of nitrogens with two attached hydrogens (primary N) is 1. The van der Waals surface area contributed by atoms with E-state index in [2.05, 4.69) is 17.2 Å². The number of rotatable bonds is 2. The van der Waals surface area contributed by atoms with Crippen molar-refractivity contribution in [1.82, 2.24) is 19.4 Å². The van der Waals surface area contributed by atoms with Crippen molar-refractivity contribution < 1.29 is 14.4 Å². The van der Waals surface area contributed by atoms with Gasteiger partial charge in [0.25, 0.3) is 0 Å². The Hall–Kier alpha value is -3.38. The summed E-state index contributed by atoms with van der Waals surface area (Å²) in [7, 11) is 1.68. The van der Waals surface area contributed by atoms with E-state index in [1.165, 1.54) is 9.13 Å². The quantitative estimate of drug-likeness (QED) is 0.487. The first kappa shape index (κ1) is 24.3. The standard InChI is InChI=1S/C27H33N5O4/c1-30-23-16-18(4-9-21(23)32(27(30)36)22-10-11-24(33)29-25(22)34)3-2-17-12-14-31(15-13-17)26(35)19-5-7-20(28)8-6-19/h4,9,16-17,19-20,22H,5-8,10-15,28H2,1H3,(H,29,33,34). The summed E-state index contributed by atoms with van der Waals surface area (Å²) in [6, 6.07) is 5.10. The van der Waals surface area contributed by atoms with E-state index < -0.39 is 11.9 Å². The van der Waals surface area contributed by atoms with Crippen molar-refractivity contribution in [3.05, 3.63) is 34.2 Å². The molecule has 0 bridgehead atoms. The minimum Gasteiger partial charge on any atom is -0.342 e. The summed E-state index contributed by atoms with van der Waals surface area (Å²) < 4.78 is 2.99. The first-order chi connectivity index (χ1) is 17.3. The van der Waals surface area contributed by atoms with E-state index in [0.717, 1.165) is 57.2 Å². The Balaban J connectivity index is 1.26. The van der Waals surface area contributed by atoms with Crippen LogP contribution in [0, 0.1) is 23.7 Å². The van der Waals surface area contributed by atoms with Gasteiger partial charge in [-0.15, -0.1) is 0 Å². The number of hydrogen-bond acceptors (Lipinski definition) is 5. The molecular weight excluding hydrogens is 458 g/mol. The van der Waals surface area contributed by atoms with Gasteiger partial charge in [0.15, 0.2) is 0 Å². The van der Waals surface area contributed by atoms with Gasteiger partial charge in [0, 0.05) is 50.0 Å². The Morgan fingerprint density at radius 2 is 1.72 bits per heavy atom. The molecule has 2 saturated heterocycles. The van der Waals surface area contributed by atoms with E-state index in [1.54, 1.807) is 7.05 Å². The number of nitrogens with one attached hydrogen (secondary N) is 1. The zero-order chi connectivity index (χ0) is 25.4. The number of imidazole rings is 1. The van der Waals surface area contributed by atoms with Gasteiger partial charge in [0.1, 0.15) is 6.04 Å². The van der Waals surface area contributed by atoms with Crippen LogP contribution in [0.4, 0.5) is 0 Å². The van der Waals surface area contributed by atoms with Crippen molar-refractivity contribution in [3.8, 4) is 11.8 Å². The summed E-state index contributed by atoms with van der Waals surface area (Å²) in [6.07, 6.45) is 5.90. The van der Waals surface area contributed by atoms with Gasteiger partial charge < -0.3 is 10.6 Å². The Morgan fingerprint density at radius 3 is 2.42 bits per heavy atom. The van der Waals surface area contributed by atoms with Gasteiger partial charge in [-0.2, -0.15) is 0 Å². The lowest BCUT2D eigenvalue weighted by Gasteiger charge is -2.34. The maximum Gasteiger partial charge on any atom is 0.329 e. The van der Waals surface area contributed by atoms with Gasteiger partial charge in [-0.1, -0.05) is 11.8 Å². The molecule has 1 unspecified atom stereocenters. The third-order valence-electron chi connectivity index (χ3n) is 7.96. The molecule has 0 radical (unpaired) electrons. The number of imide groups is 1. The van der Waals surface area contributed by atoms with Crippen molar-refractivity contribution in [3.63, 3.8) is 0 Å². The van der Waals surface area contributed by atoms with Crippen LogP contribution in [0.5, 0.6) is 0 Å². The van der Waals surface area contributed by atoms with Crippen LogP contribution < -0.4 is 16.7 Å². The molecule has 2 aliphatic heterocycles. The van der Waals surface area contributed by atoms with E-state index in [1.807, 2.05) is 23.1 Å². The normalized spacial score (nSPS) is 25.4.